The first-order valence-electron chi connectivity index (χ1n) is 12.0. The van der Waals surface area contributed by atoms with Gasteiger partial charge in [0.2, 0.25) is 0 Å². The fourth-order valence-corrected chi connectivity index (χ4v) is 11.4. The lowest BCUT2D eigenvalue weighted by molar-refractivity contribution is 1.56. The Balaban J connectivity index is 1.70. The first-order chi connectivity index (χ1) is 16.8. The zero-order valence-electron chi connectivity index (χ0n) is 19.1. The molecule has 7 rings (SSSR count). The lowest BCUT2D eigenvalue weighted by atomic mass is 9.94. The molecule has 6 aromatic carbocycles. The fraction of sp³-hybridized carbons (Fsp3) is 0.0303. The van der Waals surface area contributed by atoms with E-state index in [-0.39, 0.29) is 0 Å². The van der Waals surface area contributed by atoms with E-state index in [1.807, 2.05) is 0 Å². The first kappa shape index (κ1) is 19.5. The molecule has 1 heterocycles. The Morgan fingerprint density at radius 1 is 0.441 bits per heavy atom. The highest BCUT2D eigenvalue weighted by molar-refractivity contribution is 7.22. The van der Waals surface area contributed by atoms with Gasteiger partial charge in [-0.15, -0.1) is 0 Å². The zero-order valence-corrected chi connectivity index (χ0v) is 20.1. The summed E-state index contributed by atoms with van der Waals surface area (Å²) in [6.07, 6.45) is 0. The van der Waals surface area contributed by atoms with Crippen LogP contribution in [0.25, 0.3) is 32.7 Å². The molecule has 1 aliphatic heterocycles. The Morgan fingerprint density at radius 2 is 1.06 bits per heavy atom. The predicted molar refractivity (Wildman–Crippen MR) is 149 cm³/mol. The van der Waals surface area contributed by atoms with Gasteiger partial charge in [-0.1, -0.05) is 121 Å². The molecule has 6 aromatic rings. The van der Waals surface area contributed by atoms with Crippen LogP contribution in [0, 0.1) is 6.92 Å². The highest BCUT2D eigenvalue weighted by Gasteiger charge is 2.48. The average molecular weight is 449 g/mol. The van der Waals surface area contributed by atoms with Gasteiger partial charge in [0.25, 0.3) is 0 Å². The van der Waals surface area contributed by atoms with E-state index in [9.17, 15) is 0 Å². The van der Waals surface area contributed by atoms with Gasteiger partial charge in [0.1, 0.15) is 0 Å². The number of hydrogen-bond acceptors (Lipinski definition) is 0. The minimum atomic E-state index is -2.43. The standard InChI is InChI=1S/C33H24Si/c1-23-20-24-12-8-9-17-27(24)30-21-31-28-18-10-11-19-32(28)34(33(31)22-29(23)30,25-13-4-2-5-14-25)26-15-6-3-7-16-26/h2-22H,1H3. The molecule has 0 spiro atoms. The van der Waals surface area contributed by atoms with Gasteiger partial charge in [-0.25, -0.2) is 0 Å². The van der Waals surface area contributed by atoms with Crippen molar-refractivity contribution in [1.82, 2.24) is 0 Å². The maximum Gasteiger partial charge on any atom is 0.180 e. The minimum Gasteiger partial charge on any atom is -0.0623 e. The highest BCUT2D eigenvalue weighted by atomic mass is 28.3. The van der Waals surface area contributed by atoms with Crippen molar-refractivity contribution in [3.63, 3.8) is 0 Å². The third-order valence-electron chi connectivity index (χ3n) is 7.64. The molecule has 0 aromatic heterocycles. The fourth-order valence-electron chi connectivity index (χ4n) is 6.22. The van der Waals surface area contributed by atoms with Crippen molar-refractivity contribution in [3.05, 3.63) is 133 Å². The van der Waals surface area contributed by atoms with Gasteiger partial charge >= 0.3 is 0 Å². The van der Waals surface area contributed by atoms with E-state index >= 15 is 0 Å². The van der Waals surface area contributed by atoms with Crippen LogP contribution in [-0.2, 0) is 0 Å². The third-order valence-corrected chi connectivity index (χ3v) is 12.5. The zero-order chi connectivity index (χ0) is 22.7. The maximum atomic E-state index is 2.54. The molecule has 0 bridgehead atoms. The Labute approximate surface area is 201 Å². The number of rotatable bonds is 2. The molecule has 0 saturated heterocycles. The van der Waals surface area contributed by atoms with Crippen molar-refractivity contribution < 1.29 is 0 Å². The second-order valence-electron chi connectivity index (χ2n) is 9.39. The van der Waals surface area contributed by atoms with Gasteiger partial charge < -0.3 is 0 Å². The van der Waals surface area contributed by atoms with Gasteiger partial charge in [-0.2, -0.15) is 0 Å². The molecule has 0 N–H and O–H groups in total. The molecule has 1 heteroatoms. The predicted octanol–water partition coefficient (Wildman–Crippen LogP) is 5.66. The van der Waals surface area contributed by atoms with E-state index in [1.54, 1.807) is 0 Å². The first-order valence-corrected chi connectivity index (χ1v) is 14.0. The minimum absolute atomic E-state index is 1.31. The lowest BCUT2D eigenvalue weighted by Gasteiger charge is -2.31. The second-order valence-corrected chi connectivity index (χ2v) is 13.1. The summed E-state index contributed by atoms with van der Waals surface area (Å²) in [5.74, 6) is 0. The molecule has 0 fully saturated rings. The Kier molecular flexibility index (Phi) is 4.18. The largest absolute Gasteiger partial charge is 0.180 e. The summed E-state index contributed by atoms with van der Waals surface area (Å²) in [6.45, 7) is 2.26. The van der Waals surface area contributed by atoms with Gasteiger partial charge in [0.15, 0.2) is 8.07 Å². The molecule has 160 valence electrons. The number of aryl methyl sites for hydroxylation is 1. The van der Waals surface area contributed by atoms with E-state index in [2.05, 4.69) is 134 Å². The van der Waals surface area contributed by atoms with Crippen LogP contribution in [-0.4, -0.2) is 8.07 Å². The Bertz CT molecular complexity index is 1660. The molecular formula is C33H24Si. The van der Waals surface area contributed by atoms with Crippen molar-refractivity contribution in [3.8, 4) is 11.1 Å². The molecule has 0 unspecified atom stereocenters. The summed E-state index contributed by atoms with van der Waals surface area (Å²) in [5, 5.41) is 11.3. The Morgan fingerprint density at radius 3 is 1.79 bits per heavy atom. The molecule has 0 aliphatic carbocycles. The SMILES string of the molecule is Cc1cc2ccccc2c2cc3c(cc12)[Si](c1ccccc1)(c1ccccc1)c1ccccc1-3. The van der Waals surface area contributed by atoms with Gasteiger partial charge in [-0.05, 0) is 72.0 Å². The van der Waals surface area contributed by atoms with Crippen molar-refractivity contribution in [1.29, 1.82) is 0 Å². The molecule has 0 nitrogen and oxygen atoms in total. The number of benzene rings is 6. The quantitative estimate of drug-likeness (QED) is 0.236. The number of fused-ring (bicyclic) bond motifs is 6. The molecule has 0 radical (unpaired) electrons. The topological polar surface area (TPSA) is 0 Å². The summed E-state index contributed by atoms with van der Waals surface area (Å²) < 4.78 is 0. The maximum absolute atomic E-state index is 2.54. The smallest absolute Gasteiger partial charge is 0.0623 e. The van der Waals surface area contributed by atoms with E-state index < -0.39 is 8.07 Å². The van der Waals surface area contributed by atoms with Crippen molar-refractivity contribution in [2.24, 2.45) is 0 Å². The van der Waals surface area contributed by atoms with Crippen molar-refractivity contribution in [2.45, 2.75) is 6.92 Å². The molecule has 0 saturated carbocycles. The van der Waals surface area contributed by atoms with Gasteiger partial charge in [0, 0.05) is 0 Å². The third kappa shape index (κ3) is 2.53. The van der Waals surface area contributed by atoms with E-state index in [1.165, 1.54) is 59.0 Å². The van der Waals surface area contributed by atoms with Crippen LogP contribution >= 0.6 is 0 Å². The lowest BCUT2D eigenvalue weighted by Crippen LogP contribution is -2.72. The van der Waals surface area contributed by atoms with Crippen molar-refractivity contribution in [2.75, 3.05) is 0 Å². The molecule has 0 atom stereocenters. The summed E-state index contributed by atoms with van der Waals surface area (Å²) in [7, 11) is -2.43. The summed E-state index contributed by atoms with van der Waals surface area (Å²) in [6, 6.07) is 47.8. The van der Waals surface area contributed by atoms with Crippen LogP contribution in [0.4, 0.5) is 0 Å². The van der Waals surface area contributed by atoms with Crippen LogP contribution in [0.5, 0.6) is 0 Å². The van der Waals surface area contributed by atoms with E-state index in [4.69, 9.17) is 0 Å². The summed E-state index contributed by atoms with van der Waals surface area (Å²) >= 11 is 0. The summed E-state index contributed by atoms with van der Waals surface area (Å²) in [5.41, 5.74) is 4.14. The van der Waals surface area contributed by atoms with Gasteiger partial charge in [-0.3, -0.25) is 0 Å². The second kappa shape index (κ2) is 7.28. The molecule has 34 heavy (non-hydrogen) atoms. The monoisotopic (exact) mass is 448 g/mol. The molecular weight excluding hydrogens is 424 g/mol. The average Bonchev–Trinajstić information content (AvgIpc) is 3.19. The van der Waals surface area contributed by atoms with Crippen LogP contribution in [0.15, 0.2) is 127 Å². The summed E-state index contributed by atoms with van der Waals surface area (Å²) in [4.78, 5) is 0. The van der Waals surface area contributed by atoms with Crippen LogP contribution in [0.1, 0.15) is 5.56 Å². The van der Waals surface area contributed by atoms with Crippen LogP contribution < -0.4 is 20.7 Å². The van der Waals surface area contributed by atoms with E-state index in [0.29, 0.717) is 0 Å². The molecule has 1 aliphatic rings. The Hall–Kier alpha value is -3.94. The molecule has 0 amide bonds. The number of hydrogen-bond donors (Lipinski definition) is 0. The van der Waals surface area contributed by atoms with Crippen LogP contribution in [0.3, 0.4) is 0 Å². The highest BCUT2D eigenvalue weighted by Crippen LogP contribution is 2.35. The van der Waals surface area contributed by atoms with Crippen LogP contribution in [0.2, 0.25) is 0 Å². The van der Waals surface area contributed by atoms with Crippen molar-refractivity contribution >= 4 is 50.4 Å². The van der Waals surface area contributed by atoms with E-state index in [0.717, 1.165) is 0 Å². The van der Waals surface area contributed by atoms with Gasteiger partial charge in [0.05, 0.1) is 0 Å². The normalized spacial score (nSPS) is 13.7.